The number of imidazole rings is 1. The first-order valence-electron chi connectivity index (χ1n) is 6.89. The predicted molar refractivity (Wildman–Crippen MR) is 86.5 cm³/mol. The molecule has 2 aromatic heterocycles. The number of aryl methyl sites for hydroxylation is 2. The van der Waals surface area contributed by atoms with E-state index in [0.717, 1.165) is 22.6 Å². The third kappa shape index (κ3) is 2.52. The van der Waals surface area contributed by atoms with Crippen LogP contribution < -0.4 is 5.73 Å². The molecule has 0 aliphatic heterocycles. The van der Waals surface area contributed by atoms with Crippen LogP contribution in [0.15, 0.2) is 30.5 Å². The minimum absolute atomic E-state index is 0.535. The van der Waals surface area contributed by atoms with E-state index >= 15 is 0 Å². The average Bonchev–Trinajstić information content (AvgIpc) is 2.80. The van der Waals surface area contributed by atoms with Crippen molar-refractivity contribution >= 4 is 22.8 Å². The van der Waals surface area contributed by atoms with Crippen LogP contribution in [0.2, 0.25) is 5.02 Å². The van der Waals surface area contributed by atoms with Gasteiger partial charge in [0.1, 0.15) is 11.3 Å². The standard InChI is InChI=1S/C16H17ClN4/c1-10-3-4-12(7-11(10)2)15-20-14-8-13(17)9-19-16(14)21(15)6-5-18/h3-4,7-9H,5-6,18H2,1-2H3. The van der Waals surface area contributed by atoms with Gasteiger partial charge < -0.3 is 10.3 Å². The Kier molecular flexibility index (Phi) is 3.66. The second-order valence-corrected chi connectivity index (χ2v) is 5.61. The van der Waals surface area contributed by atoms with Crippen LogP contribution in [0.4, 0.5) is 0 Å². The Bertz CT molecular complexity index is 807. The van der Waals surface area contributed by atoms with E-state index in [2.05, 4.69) is 41.6 Å². The summed E-state index contributed by atoms with van der Waals surface area (Å²) in [6.45, 7) is 5.41. The van der Waals surface area contributed by atoms with Crippen LogP contribution >= 0.6 is 11.6 Å². The molecule has 3 aromatic rings. The summed E-state index contributed by atoms with van der Waals surface area (Å²) >= 11 is 6.01. The highest BCUT2D eigenvalue weighted by atomic mass is 35.5. The summed E-state index contributed by atoms with van der Waals surface area (Å²) in [5.74, 6) is 0.883. The number of fused-ring (bicyclic) bond motifs is 1. The van der Waals surface area contributed by atoms with Crippen molar-refractivity contribution in [2.24, 2.45) is 5.73 Å². The summed E-state index contributed by atoms with van der Waals surface area (Å²) in [4.78, 5) is 9.09. The fourth-order valence-electron chi connectivity index (χ4n) is 2.43. The molecule has 2 N–H and O–H groups in total. The fraction of sp³-hybridized carbons (Fsp3) is 0.250. The highest BCUT2D eigenvalue weighted by Crippen LogP contribution is 2.26. The van der Waals surface area contributed by atoms with Gasteiger partial charge in [-0.1, -0.05) is 23.7 Å². The molecular weight excluding hydrogens is 284 g/mol. The third-order valence-electron chi connectivity index (χ3n) is 3.67. The zero-order valence-electron chi connectivity index (χ0n) is 12.1. The molecule has 21 heavy (non-hydrogen) atoms. The van der Waals surface area contributed by atoms with Crippen molar-refractivity contribution in [3.05, 3.63) is 46.6 Å². The number of hydrogen-bond donors (Lipinski definition) is 1. The smallest absolute Gasteiger partial charge is 0.160 e. The van der Waals surface area contributed by atoms with Gasteiger partial charge in [0.2, 0.25) is 0 Å². The maximum atomic E-state index is 6.01. The summed E-state index contributed by atoms with van der Waals surface area (Å²) in [7, 11) is 0. The number of nitrogens with two attached hydrogens (primary N) is 1. The van der Waals surface area contributed by atoms with Crippen LogP contribution in [0.25, 0.3) is 22.6 Å². The summed E-state index contributed by atoms with van der Waals surface area (Å²) < 4.78 is 2.05. The van der Waals surface area contributed by atoms with Crippen molar-refractivity contribution in [3.8, 4) is 11.4 Å². The SMILES string of the molecule is Cc1ccc(-c2nc3cc(Cl)cnc3n2CCN)cc1C. The summed E-state index contributed by atoms with van der Waals surface area (Å²) in [5, 5.41) is 0.589. The minimum atomic E-state index is 0.535. The molecule has 0 saturated heterocycles. The predicted octanol–water partition coefficient (Wildman–Crippen LogP) is 3.33. The number of rotatable bonds is 3. The Morgan fingerprint density at radius 2 is 2.00 bits per heavy atom. The Hall–Kier alpha value is -1.91. The van der Waals surface area contributed by atoms with Gasteiger partial charge in [-0.25, -0.2) is 9.97 Å². The zero-order chi connectivity index (χ0) is 15.0. The van der Waals surface area contributed by atoms with Crippen LogP contribution in [0, 0.1) is 13.8 Å². The molecule has 5 heteroatoms. The molecule has 0 unspecified atom stereocenters. The van der Waals surface area contributed by atoms with Gasteiger partial charge in [0.15, 0.2) is 5.65 Å². The van der Waals surface area contributed by atoms with Crippen molar-refractivity contribution in [1.29, 1.82) is 0 Å². The molecule has 0 aliphatic rings. The first-order valence-corrected chi connectivity index (χ1v) is 7.27. The van der Waals surface area contributed by atoms with Crippen LogP contribution in [-0.2, 0) is 6.54 Å². The van der Waals surface area contributed by atoms with E-state index in [1.54, 1.807) is 6.20 Å². The van der Waals surface area contributed by atoms with Crippen molar-refractivity contribution in [2.45, 2.75) is 20.4 Å². The molecule has 0 fully saturated rings. The van der Waals surface area contributed by atoms with E-state index in [0.29, 0.717) is 18.1 Å². The maximum absolute atomic E-state index is 6.01. The van der Waals surface area contributed by atoms with Gasteiger partial charge in [-0.05, 0) is 37.1 Å². The van der Waals surface area contributed by atoms with Gasteiger partial charge in [0.25, 0.3) is 0 Å². The van der Waals surface area contributed by atoms with E-state index in [-0.39, 0.29) is 0 Å². The number of aromatic nitrogens is 3. The van der Waals surface area contributed by atoms with Gasteiger partial charge in [-0.2, -0.15) is 0 Å². The van der Waals surface area contributed by atoms with Crippen LogP contribution in [0.3, 0.4) is 0 Å². The van der Waals surface area contributed by atoms with Crippen LogP contribution in [0.1, 0.15) is 11.1 Å². The quantitative estimate of drug-likeness (QED) is 0.807. The van der Waals surface area contributed by atoms with Gasteiger partial charge in [-0.15, -0.1) is 0 Å². The van der Waals surface area contributed by atoms with Crippen LogP contribution in [0.5, 0.6) is 0 Å². The normalized spacial score (nSPS) is 11.2. The molecule has 4 nitrogen and oxygen atoms in total. The number of nitrogens with zero attached hydrogens (tertiary/aromatic N) is 3. The Labute approximate surface area is 128 Å². The van der Waals surface area contributed by atoms with Crippen molar-refractivity contribution in [1.82, 2.24) is 14.5 Å². The van der Waals surface area contributed by atoms with E-state index in [9.17, 15) is 0 Å². The van der Waals surface area contributed by atoms with E-state index in [4.69, 9.17) is 22.3 Å². The Morgan fingerprint density at radius 3 is 2.71 bits per heavy atom. The van der Waals surface area contributed by atoms with Gasteiger partial charge >= 0.3 is 0 Å². The van der Waals surface area contributed by atoms with E-state index < -0.39 is 0 Å². The van der Waals surface area contributed by atoms with Gasteiger partial charge in [0, 0.05) is 24.8 Å². The first-order chi connectivity index (χ1) is 10.1. The molecule has 0 saturated carbocycles. The average molecular weight is 301 g/mol. The topological polar surface area (TPSA) is 56.7 Å². The van der Waals surface area contributed by atoms with Crippen molar-refractivity contribution in [2.75, 3.05) is 6.54 Å². The molecule has 0 radical (unpaired) electrons. The van der Waals surface area contributed by atoms with Crippen LogP contribution in [-0.4, -0.2) is 21.1 Å². The lowest BCUT2D eigenvalue weighted by Gasteiger charge is -2.08. The highest BCUT2D eigenvalue weighted by Gasteiger charge is 2.14. The highest BCUT2D eigenvalue weighted by molar-refractivity contribution is 6.31. The summed E-state index contributed by atoms with van der Waals surface area (Å²) in [6.07, 6.45) is 1.64. The summed E-state index contributed by atoms with van der Waals surface area (Å²) in [6, 6.07) is 8.17. The second-order valence-electron chi connectivity index (χ2n) is 5.17. The molecule has 0 aliphatic carbocycles. The lowest BCUT2D eigenvalue weighted by atomic mass is 10.1. The fourth-order valence-corrected chi connectivity index (χ4v) is 2.58. The number of halogens is 1. The molecule has 0 spiro atoms. The molecule has 0 bridgehead atoms. The lowest BCUT2D eigenvalue weighted by molar-refractivity contribution is 0.729. The molecule has 3 rings (SSSR count). The number of hydrogen-bond acceptors (Lipinski definition) is 3. The molecule has 108 valence electrons. The third-order valence-corrected chi connectivity index (χ3v) is 3.88. The lowest BCUT2D eigenvalue weighted by Crippen LogP contribution is -2.11. The largest absolute Gasteiger partial charge is 0.329 e. The Balaban J connectivity index is 2.24. The first kappa shape index (κ1) is 14.0. The Morgan fingerprint density at radius 1 is 1.19 bits per heavy atom. The zero-order valence-corrected chi connectivity index (χ0v) is 12.9. The molecule has 1 aromatic carbocycles. The summed E-state index contributed by atoms with van der Waals surface area (Å²) in [5.41, 5.74) is 10.9. The van der Waals surface area contributed by atoms with Crippen molar-refractivity contribution in [3.63, 3.8) is 0 Å². The number of benzene rings is 1. The molecule has 0 amide bonds. The minimum Gasteiger partial charge on any atom is -0.329 e. The van der Waals surface area contributed by atoms with Gasteiger partial charge in [0.05, 0.1) is 5.02 Å². The maximum Gasteiger partial charge on any atom is 0.160 e. The molecule has 2 heterocycles. The number of pyridine rings is 1. The molecular formula is C16H17ClN4. The second kappa shape index (κ2) is 5.47. The van der Waals surface area contributed by atoms with Gasteiger partial charge in [-0.3, -0.25) is 0 Å². The monoisotopic (exact) mass is 300 g/mol. The van der Waals surface area contributed by atoms with E-state index in [1.165, 1.54) is 11.1 Å². The molecule has 0 atom stereocenters. The van der Waals surface area contributed by atoms with E-state index in [1.807, 2.05) is 6.07 Å². The van der Waals surface area contributed by atoms with Crippen molar-refractivity contribution < 1.29 is 0 Å².